The highest BCUT2D eigenvalue weighted by atomic mass is 16.5. The van der Waals surface area contributed by atoms with E-state index in [-0.39, 0.29) is 0 Å². The Morgan fingerprint density at radius 1 is 1.05 bits per heavy atom. The zero-order valence-corrected chi connectivity index (χ0v) is 13.2. The summed E-state index contributed by atoms with van der Waals surface area (Å²) in [4.78, 5) is 1.94. The van der Waals surface area contributed by atoms with Gasteiger partial charge in [0.25, 0.3) is 0 Å². The normalized spacial score (nSPS) is 26.1. The molecule has 2 rings (SSSR count). The first-order valence-electron chi connectivity index (χ1n) is 8.08. The molecule has 1 heterocycles. The molecule has 0 spiro atoms. The van der Waals surface area contributed by atoms with Gasteiger partial charge >= 0.3 is 0 Å². The van der Waals surface area contributed by atoms with Crippen LogP contribution in [-0.2, 0) is 6.54 Å². The number of ether oxygens (including phenoxy) is 1. The lowest BCUT2D eigenvalue weighted by atomic mass is 10.0. The fourth-order valence-electron chi connectivity index (χ4n) is 2.70. The second kappa shape index (κ2) is 8.48. The van der Waals surface area contributed by atoms with E-state index in [9.17, 15) is 15.3 Å². The molecule has 1 aliphatic rings. The molecule has 5 nitrogen and oxygen atoms in total. The van der Waals surface area contributed by atoms with Crippen LogP contribution in [0, 0.1) is 0 Å². The quantitative estimate of drug-likeness (QED) is 0.659. The van der Waals surface area contributed by atoms with Crippen LogP contribution >= 0.6 is 0 Å². The van der Waals surface area contributed by atoms with Crippen LogP contribution < -0.4 is 4.74 Å². The number of β-amino-alcohol motifs (C(OH)–C–C–N with tert-alkyl or cyclic N) is 2. The molecule has 1 saturated heterocycles. The molecule has 0 saturated carbocycles. The molecule has 3 N–H and O–H groups in total. The predicted molar refractivity (Wildman–Crippen MR) is 84.8 cm³/mol. The molecule has 0 bridgehead atoms. The van der Waals surface area contributed by atoms with E-state index in [1.807, 2.05) is 29.2 Å². The Hall–Kier alpha value is -1.14. The van der Waals surface area contributed by atoms with Crippen molar-refractivity contribution in [3.05, 3.63) is 29.8 Å². The Morgan fingerprint density at radius 2 is 1.68 bits per heavy atom. The topological polar surface area (TPSA) is 73.2 Å². The maximum absolute atomic E-state index is 9.71. The van der Waals surface area contributed by atoms with E-state index in [1.165, 1.54) is 12.8 Å². The fourth-order valence-corrected chi connectivity index (χ4v) is 2.70. The molecular formula is C17H27NO4. The minimum Gasteiger partial charge on any atom is -0.494 e. The van der Waals surface area contributed by atoms with Crippen molar-refractivity contribution in [2.24, 2.45) is 0 Å². The molecule has 0 aliphatic carbocycles. The first-order valence-corrected chi connectivity index (χ1v) is 8.08. The maximum Gasteiger partial charge on any atom is 0.119 e. The highest BCUT2D eigenvalue weighted by molar-refractivity contribution is 5.27. The molecule has 1 aromatic carbocycles. The number of benzene rings is 1. The minimum absolute atomic E-state index is 0.369. The zero-order chi connectivity index (χ0) is 15.9. The number of hydrogen-bond acceptors (Lipinski definition) is 5. The van der Waals surface area contributed by atoms with E-state index in [1.54, 1.807) is 0 Å². The molecule has 1 aromatic rings. The summed E-state index contributed by atoms with van der Waals surface area (Å²) in [7, 11) is 0. The molecular weight excluding hydrogens is 282 g/mol. The molecule has 0 radical (unpaired) electrons. The molecule has 0 aromatic heterocycles. The number of likely N-dealkylation sites (tertiary alicyclic amines) is 1. The van der Waals surface area contributed by atoms with E-state index >= 15 is 0 Å². The van der Waals surface area contributed by atoms with Crippen molar-refractivity contribution in [1.82, 2.24) is 4.90 Å². The van der Waals surface area contributed by atoms with Crippen LogP contribution in [0.25, 0.3) is 0 Å². The first-order chi connectivity index (χ1) is 10.6. The lowest BCUT2D eigenvalue weighted by Gasteiger charge is -2.36. The third-order valence-corrected chi connectivity index (χ3v) is 4.03. The Morgan fingerprint density at radius 3 is 2.27 bits per heavy atom. The smallest absolute Gasteiger partial charge is 0.119 e. The van der Waals surface area contributed by atoms with Crippen molar-refractivity contribution >= 4 is 0 Å². The number of aliphatic hydroxyl groups is 3. The Balaban J connectivity index is 1.81. The second-order valence-corrected chi connectivity index (χ2v) is 6.02. The monoisotopic (exact) mass is 309 g/mol. The van der Waals surface area contributed by atoms with Gasteiger partial charge in [-0.1, -0.05) is 31.9 Å². The summed E-state index contributed by atoms with van der Waals surface area (Å²) in [5, 5.41) is 29.0. The van der Waals surface area contributed by atoms with Gasteiger partial charge in [-0.3, -0.25) is 4.90 Å². The number of rotatable bonds is 7. The zero-order valence-electron chi connectivity index (χ0n) is 13.2. The summed E-state index contributed by atoms with van der Waals surface area (Å²) < 4.78 is 5.67. The third kappa shape index (κ3) is 4.95. The standard InChI is InChI=1S/C17H27NO4/c1-2-3-4-9-22-14-7-5-13(6-8-14)10-18-11-15(19)17(21)16(20)12-18/h5-8,15-17,19-21H,2-4,9-12H2,1H3. The Bertz CT molecular complexity index is 425. The van der Waals surface area contributed by atoms with Crippen LogP contribution in [0.5, 0.6) is 5.75 Å². The highest BCUT2D eigenvalue weighted by Gasteiger charge is 2.33. The van der Waals surface area contributed by atoms with Crippen LogP contribution in [0.15, 0.2) is 24.3 Å². The lowest BCUT2D eigenvalue weighted by Crippen LogP contribution is -2.54. The number of piperidine rings is 1. The average molecular weight is 309 g/mol. The van der Waals surface area contributed by atoms with E-state index in [0.717, 1.165) is 24.3 Å². The van der Waals surface area contributed by atoms with Gasteiger partial charge in [0, 0.05) is 19.6 Å². The van der Waals surface area contributed by atoms with Crippen LogP contribution in [0.2, 0.25) is 0 Å². The van der Waals surface area contributed by atoms with Gasteiger partial charge in [0.15, 0.2) is 0 Å². The number of aliphatic hydroxyl groups excluding tert-OH is 3. The molecule has 0 amide bonds. The van der Waals surface area contributed by atoms with Gasteiger partial charge in [-0.2, -0.15) is 0 Å². The average Bonchev–Trinajstić information content (AvgIpc) is 2.51. The SMILES string of the molecule is CCCCCOc1ccc(CN2CC(O)C(O)C(O)C2)cc1. The second-order valence-electron chi connectivity index (χ2n) is 6.02. The summed E-state index contributed by atoms with van der Waals surface area (Å²) >= 11 is 0. The molecule has 1 fully saturated rings. The summed E-state index contributed by atoms with van der Waals surface area (Å²) in [6.07, 6.45) is 0.600. The number of hydrogen-bond donors (Lipinski definition) is 3. The summed E-state index contributed by atoms with van der Waals surface area (Å²) in [5.74, 6) is 0.869. The van der Waals surface area contributed by atoms with Crippen molar-refractivity contribution < 1.29 is 20.1 Å². The highest BCUT2D eigenvalue weighted by Crippen LogP contribution is 2.17. The van der Waals surface area contributed by atoms with Crippen molar-refractivity contribution in [2.75, 3.05) is 19.7 Å². The fraction of sp³-hybridized carbons (Fsp3) is 0.647. The molecule has 2 atom stereocenters. The predicted octanol–water partition coefficient (Wildman–Crippen LogP) is 1.15. The number of unbranched alkanes of at least 4 members (excludes halogenated alkanes) is 2. The Kier molecular flexibility index (Phi) is 6.64. The van der Waals surface area contributed by atoms with Crippen LogP contribution in [0.1, 0.15) is 31.7 Å². The van der Waals surface area contributed by atoms with Gasteiger partial charge < -0.3 is 20.1 Å². The largest absolute Gasteiger partial charge is 0.494 e. The van der Waals surface area contributed by atoms with Gasteiger partial charge in [-0.25, -0.2) is 0 Å². The van der Waals surface area contributed by atoms with Crippen LogP contribution in [0.3, 0.4) is 0 Å². The van der Waals surface area contributed by atoms with E-state index in [2.05, 4.69) is 6.92 Å². The third-order valence-electron chi connectivity index (χ3n) is 4.03. The van der Waals surface area contributed by atoms with Crippen molar-refractivity contribution in [2.45, 2.75) is 51.0 Å². The first kappa shape index (κ1) is 17.2. The molecule has 5 heteroatoms. The van der Waals surface area contributed by atoms with Gasteiger partial charge in [0.2, 0.25) is 0 Å². The van der Waals surface area contributed by atoms with Gasteiger partial charge in [-0.15, -0.1) is 0 Å². The van der Waals surface area contributed by atoms with Crippen LogP contribution in [-0.4, -0.2) is 58.2 Å². The molecule has 1 aliphatic heterocycles. The molecule has 124 valence electrons. The van der Waals surface area contributed by atoms with Crippen molar-refractivity contribution in [3.63, 3.8) is 0 Å². The lowest BCUT2D eigenvalue weighted by molar-refractivity contribution is -0.111. The summed E-state index contributed by atoms with van der Waals surface area (Å²) in [5.41, 5.74) is 1.09. The van der Waals surface area contributed by atoms with Crippen molar-refractivity contribution in [1.29, 1.82) is 0 Å². The van der Waals surface area contributed by atoms with E-state index < -0.39 is 18.3 Å². The van der Waals surface area contributed by atoms with E-state index in [0.29, 0.717) is 19.6 Å². The molecule has 2 unspecified atom stereocenters. The van der Waals surface area contributed by atoms with Gasteiger partial charge in [0.05, 0.1) is 18.8 Å². The van der Waals surface area contributed by atoms with Gasteiger partial charge in [-0.05, 0) is 24.1 Å². The summed E-state index contributed by atoms with van der Waals surface area (Å²) in [6.45, 7) is 4.29. The minimum atomic E-state index is -1.05. The van der Waals surface area contributed by atoms with Crippen molar-refractivity contribution in [3.8, 4) is 5.75 Å². The van der Waals surface area contributed by atoms with Gasteiger partial charge in [0.1, 0.15) is 11.9 Å². The Labute approximate surface area is 132 Å². The molecule has 22 heavy (non-hydrogen) atoms. The van der Waals surface area contributed by atoms with Crippen LogP contribution in [0.4, 0.5) is 0 Å². The maximum atomic E-state index is 9.71. The number of nitrogens with zero attached hydrogens (tertiary/aromatic N) is 1. The summed E-state index contributed by atoms with van der Waals surface area (Å²) in [6, 6.07) is 7.90. The van der Waals surface area contributed by atoms with E-state index in [4.69, 9.17) is 4.74 Å².